The molecular weight excluding hydrogens is 304 g/mol. The summed E-state index contributed by atoms with van der Waals surface area (Å²) in [6.45, 7) is 4.31. The number of aryl methyl sites for hydroxylation is 2. The normalized spacial score (nSPS) is 12.1. The lowest BCUT2D eigenvalue weighted by molar-refractivity contribution is 0.0902. The van der Waals surface area contributed by atoms with Crippen LogP contribution in [0.3, 0.4) is 0 Å². The van der Waals surface area contributed by atoms with Gasteiger partial charge in [0.1, 0.15) is 0 Å². The number of imidazole rings is 1. The fraction of sp³-hybridized carbons (Fsp3) is 0.278. The molecule has 1 unspecified atom stereocenters. The first-order valence-corrected chi connectivity index (χ1v) is 7.95. The maximum absolute atomic E-state index is 12.6. The molecule has 2 aromatic heterocycles. The topological polar surface area (TPSA) is 73.0 Å². The molecule has 2 heterocycles. The highest BCUT2D eigenvalue weighted by Crippen LogP contribution is 2.17. The maximum atomic E-state index is 12.6. The fourth-order valence-corrected chi connectivity index (χ4v) is 2.56. The Morgan fingerprint density at radius 3 is 2.75 bits per heavy atom. The number of hydrogen-bond donors (Lipinski definition) is 1. The molecule has 0 radical (unpaired) electrons. The van der Waals surface area contributed by atoms with Crippen molar-refractivity contribution < 1.29 is 9.21 Å². The minimum absolute atomic E-state index is 0.192. The lowest BCUT2D eigenvalue weighted by Gasteiger charge is -2.19. The molecule has 0 spiro atoms. The van der Waals surface area contributed by atoms with Gasteiger partial charge >= 0.3 is 0 Å². The number of carbonyl (C=O) groups is 1. The Hall–Kier alpha value is -2.89. The number of aromatic nitrogens is 3. The zero-order valence-electron chi connectivity index (χ0n) is 13.8. The van der Waals surface area contributed by atoms with Gasteiger partial charge in [-0.15, -0.1) is 0 Å². The highest BCUT2D eigenvalue weighted by Gasteiger charge is 2.21. The van der Waals surface area contributed by atoms with Gasteiger partial charge in [-0.1, -0.05) is 37.3 Å². The Balaban J connectivity index is 1.83. The number of nitrogens with one attached hydrogen (secondary N) is 1. The number of hydrogen-bond acceptors (Lipinski definition) is 4. The van der Waals surface area contributed by atoms with Gasteiger partial charge in [-0.3, -0.25) is 4.79 Å². The SMILES string of the molecule is CCc1nc(C)c(C(=O)NC(Cn2ccnc2)c2ccccc2)o1. The number of nitrogens with zero attached hydrogens (tertiary/aromatic N) is 3. The minimum atomic E-state index is -0.256. The quantitative estimate of drug-likeness (QED) is 0.756. The number of rotatable bonds is 6. The molecule has 1 aromatic carbocycles. The van der Waals surface area contributed by atoms with Crippen molar-refractivity contribution in [3.63, 3.8) is 0 Å². The molecule has 124 valence electrons. The van der Waals surface area contributed by atoms with E-state index in [0.29, 0.717) is 24.6 Å². The van der Waals surface area contributed by atoms with Gasteiger partial charge in [0, 0.05) is 25.4 Å². The summed E-state index contributed by atoms with van der Waals surface area (Å²) in [6, 6.07) is 9.66. The highest BCUT2D eigenvalue weighted by atomic mass is 16.4. The van der Waals surface area contributed by atoms with Gasteiger partial charge in [-0.2, -0.15) is 0 Å². The predicted molar refractivity (Wildman–Crippen MR) is 89.5 cm³/mol. The fourth-order valence-electron chi connectivity index (χ4n) is 2.56. The van der Waals surface area contributed by atoms with Gasteiger partial charge in [-0.25, -0.2) is 9.97 Å². The Labute approximate surface area is 140 Å². The molecule has 0 aliphatic carbocycles. The molecule has 1 atom stereocenters. The molecule has 0 saturated carbocycles. The van der Waals surface area contributed by atoms with Crippen LogP contribution in [0.2, 0.25) is 0 Å². The second-order valence-corrected chi connectivity index (χ2v) is 5.57. The summed E-state index contributed by atoms with van der Waals surface area (Å²) < 4.78 is 7.49. The molecule has 0 aliphatic rings. The van der Waals surface area contributed by atoms with E-state index in [-0.39, 0.29) is 17.7 Å². The zero-order chi connectivity index (χ0) is 16.9. The smallest absolute Gasteiger partial charge is 0.289 e. The molecule has 3 rings (SSSR count). The van der Waals surface area contributed by atoms with Crippen LogP contribution in [-0.2, 0) is 13.0 Å². The van der Waals surface area contributed by atoms with E-state index >= 15 is 0 Å². The molecule has 6 nitrogen and oxygen atoms in total. The van der Waals surface area contributed by atoms with Crippen LogP contribution in [0.15, 0.2) is 53.5 Å². The Kier molecular flexibility index (Phi) is 4.74. The minimum Gasteiger partial charge on any atom is -0.435 e. The van der Waals surface area contributed by atoms with E-state index in [9.17, 15) is 4.79 Å². The predicted octanol–water partition coefficient (Wildman–Crippen LogP) is 2.91. The Bertz CT molecular complexity index is 794. The number of oxazole rings is 1. The van der Waals surface area contributed by atoms with Crippen LogP contribution >= 0.6 is 0 Å². The van der Waals surface area contributed by atoms with Gasteiger partial charge in [0.2, 0.25) is 5.76 Å². The van der Waals surface area contributed by atoms with Gasteiger partial charge < -0.3 is 14.3 Å². The largest absolute Gasteiger partial charge is 0.435 e. The van der Waals surface area contributed by atoms with Gasteiger partial charge in [0.15, 0.2) is 5.89 Å². The van der Waals surface area contributed by atoms with Crippen LogP contribution in [0.5, 0.6) is 0 Å². The Morgan fingerprint density at radius 1 is 1.33 bits per heavy atom. The van der Waals surface area contributed by atoms with Crippen molar-refractivity contribution in [2.24, 2.45) is 0 Å². The van der Waals surface area contributed by atoms with Crippen molar-refractivity contribution in [3.8, 4) is 0 Å². The van der Waals surface area contributed by atoms with E-state index in [2.05, 4.69) is 15.3 Å². The number of benzene rings is 1. The summed E-state index contributed by atoms with van der Waals surface area (Å²) in [5, 5.41) is 3.04. The summed E-state index contributed by atoms with van der Waals surface area (Å²) in [7, 11) is 0. The number of amides is 1. The van der Waals surface area contributed by atoms with Crippen LogP contribution in [-0.4, -0.2) is 20.4 Å². The van der Waals surface area contributed by atoms with Crippen LogP contribution in [0.1, 0.15) is 40.7 Å². The lowest BCUT2D eigenvalue weighted by Crippen LogP contribution is -2.31. The van der Waals surface area contributed by atoms with E-state index in [4.69, 9.17) is 4.42 Å². The second-order valence-electron chi connectivity index (χ2n) is 5.57. The van der Waals surface area contributed by atoms with Crippen LogP contribution in [0.25, 0.3) is 0 Å². The standard InChI is InChI=1S/C18H20N4O2/c1-3-16-20-13(2)17(24-16)18(23)21-15(11-22-10-9-19-12-22)14-7-5-4-6-8-14/h4-10,12,15H,3,11H2,1-2H3,(H,21,23). The summed E-state index contributed by atoms with van der Waals surface area (Å²) in [5.41, 5.74) is 1.63. The second kappa shape index (κ2) is 7.12. The third-order valence-electron chi connectivity index (χ3n) is 3.81. The van der Waals surface area contributed by atoms with Crippen LogP contribution in [0.4, 0.5) is 0 Å². The van der Waals surface area contributed by atoms with E-state index in [1.54, 1.807) is 19.4 Å². The van der Waals surface area contributed by atoms with Gasteiger partial charge in [-0.05, 0) is 12.5 Å². The summed E-state index contributed by atoms with van der Waals surface area (Å²) in [6.07, 6.45) is 5.98. The molecule has 0 fully saturated rings. The molecule has 6 heteroatoms. The summed E-state index contributed by atoms with van der Waals surface area (Å²) in [4.78, 5) is 21.0. The summed E-state index contributed by atoms with van der Waals surface area (Å²) >= 11 is 0. The van der Waals surface area contributed by atoms with E-state index in [1.165, 1.54) is 0 Å². The first kappa shape index (κ1) is 16.0. The average Bonchev–Trinajstić information content (AvgIpc) is 3.24. The zero-order valence-corrected chi connectivity index (χ0v) is 13.8. The molecule has 0 bridgehead atoms. The van der Waals surface area contributed by atoms with E-state index in [1.807, 2.05) is 48.0 Å². The maximum Gasteiger partial charge on any atom is 0.289 e. The lowest BCUT2D eigenvalue weighted by atomic mass is 10.1. The monoisotopic (exact) mass is 324 g/mol. The molecule has 0 saturated heterocycles. The average molecular weight is 324 g/mol. The molecular formula is C18H20N4O2. The van der Waals surface area contributed by atoms with Crippen molar-refractivity contribution in [1.29, 1.82) is 0 Å². The van der Waals surface area contributed by atoms with E-state index in [0.717, 1.165) is 5.56 Å². The van der Waals surface area contributed by atoms with Crippen molar-refractivity contribution in [3.05, 3.63) is 72.0 Å². The van der Waals surface area contributed by atoms with Crippen LogP contribution < -0.4 is 5.32 Å². The molecule has 3 aromatic rings. The van der Waals surface area contributed by atoms with Crippen molar-refractivity contribution in [2.45, 2.75) is 32.9 Å². The highest BCUT2D eigenvalue weighted by molar-refractivity contribution is 5.92. The van der Waals surface area contributed by atoms with Crippen molar-refractivity contribution in [2.75, 3.05) is 0 Å². The molecule has 0 aliphatic heterocycles. The molecule has 1 amide bonds. The first-order chi connectivity index (χ1) is 11.7. The van der Waals surface area contributed by atoms with Crippen molar-refractivity contribution >= 4 is 5.91 Å². The number of carbonyl (C=O) groups excluding carboxylic acids is 1. The third-order valence-corrected chi connectivity index (χ3v) is 3.81. The van der Waals surface area contributed by atoms with Gasteiger partial charge in [0.25, 0.3) is 5.91 Å². The van der Waals surface area contributed by atoms with Crippen molar-refractivity contribution in [1.82, 2.24) is 19.9 Å². The first-order valence-electron chi connectivity index (χ1n) is 7.95. The van der Waals surface area contributed by atoms with Gasteiger partial charge in [0.05, 0.1) is 18.1 Å². The molecule has 1 N–H and O–H groups in total. The Morgan fingerprint density at radius 2 is 2.12 bits per heavy atom. The van der Waals surface area contributed by atoms with E-state index < -0.39 is 0 Å². The summed E-state index contributed by atoms with van der Waals surface area (Å²) in [5.74, 6) is 0.593. The molecule has 24 heavy (non-hydrogen) atoms. The third kappa shape index (κ3) is 3.53. The van der Waals surface area contributed by atoms with Crippen LogP contribution in [0, 0.1) is 6.92 Å².